The molecule has 0 saturated heterocycles. The number of rotatable bonds is 11. The van der Waals surface area contributed by atoms with E-state index in [-0.39, 0.29) is 17.0 Å². The van der Waals surface area contributed by atoms with E-state index >= 15 is 0 Å². The zero-order valence-corrected chi connectivity index (χ0v) is 27.2. The summed E-state index contributed by atoms with van der Waals surface area (Å²) >= 11 is 3.76. The Labute approximate surface area is 246 Å². The molecule has 1 N–H and O–H groups in total. The molecule has 39 heavy (non-hydrogen) atoms. The predicted molar refractivity (Wildman–Crippen MR) is 173 cm³/mol. The van der Waals surface area contributed by atoms with Crippen molar-refractivity contribution in [2.75, 3.05) is 0 Å². The third-order valence-corrected chi connectivity index (χ3v) is 9.03. The Morgan fingerprint density at radius 1 is 0.872 bits per heavy atom. The monoisotopic (exact) mass is 565 g/mol. The molecular formula is C35H49O2S2+. The Morgan fingerprint density at radius 2 is 1.51 bits per heavy atom. The summed E-state index contributed by atoms with van der Waals surface area (Å²) < 4.78 is 0. The van der Waals surface area contributed by atoms with Gasteiger partial charge in [0.1, 0.15) is 5.76 Å². The van der Waals surface area contributed by atoms with Crippen molar-refractivity contribution in [1.82, 2.24) is 0 Å². The zero-order valence-electron chi connectivity index (χ0n) is 25.6. The number of carbonyl (C=O) groups is 1. The minimum Gasteiger partial charge on any atom is -0.506 e. The zero-order chi connectivity index (χ0) is 28.9. The normalized spacial score (nSPS) is 18.5. The average molecular weight is 566 g/mol. The van der Waals surface area contributed by atoms with Crippen molar-refractivity contribution < 1.29 is 9.90 Å². The van der Waals surface area contributed by atoms with Crippen molar-refractivity contribution >= 4 is 35.0 Å². The van der Waals surface area contributed by atoms with Crippen molar-refractivity contribution in [3.63, 3.8) is 0 Å². The van der Waals surface area contributed by atoms with Gasteiger partial charge in [-0.3, -0.25) is 4.79 Å². The summed E-state index contributed by atoms with van der Waals surface area (Å²) in [5.74, 6) is 1.85. The van der Waals surface area contributed by atoms with Crippen molar-refractivity contribution in [1.29, 1.82) is 0 Å². The van der Waals surface area contributed by atoms with Crippen LogP contribution in [0.5, 0.6) is 0 Å². The standard InChI is InChI=1S/C35H48O2S2/c1-22(2)10-11-27-16-25(18-29(38-27)14-23(3)4)20-31-33(36)32(34(31)37)21-26-17-28(12-13-35(7,8)9)39-30(19-26)15-24(5)6/h16-24H,10-15H2,1-9H3/p+1. The predicted octanol–water partition coefficient (Wildman–Crippen LogP) is 10.9. The molecule has 1 aromatic heterocycles. The molecule has 0 fully saturated rings. The smallest absolute Gasteiger partial charge is 0.218 e. The molecule has 0 aromatic carbocycles. The van der Waals surface area contributed by atoms with Crippen LogP contribution < -0.4 is 0 Å². The molecule has 0 atom stereocenters. The third-order valence-electron chi connectivity index (χ3n) is 6.76. The average Bonchev–Trinajstić information content (AvgIpc) is 2.82. The molecule has 0 unspecified atom stereocenters. The van der Waals surface area contributed by atoms with E-state index in [1.54, 1.807) is 0 Å². The molecule has 0 bridgehead atoms. The third kappa shape index (κ3) is 9.90. The van der Waals surface area contributed by atoms with E-state index in [1.807, 2.05) is 35.3 Å². The van der Waals surface area contributed by atoms with Gasteiger partial charge in [-0.1, -0.05) is 74.1 Å². The van der Waals surface area contributed by atoms with Crippen LogP contribution >= 0.6 is 23.1 Å². The summed E-state index contributed by atoms with van der Waals surface area (Å²) in [5, 5.41) is 11.0. The van der Waals surface area contributed by atoms with E-state index in [9.17, 15) is 9.90 Å². The second-order valence-corrected chi connectivity index (χ2v) is 16.1. The van der Waals surface area contributed by atoms with Crippen LogP contribution in [0.3, 0.4) is 0 Å². The van der Waals surface area contributed by atoms with E-state index in [2.05, 4.69) is 86.6 Å². The molecule has 1 aliphatic carbocycles. The lowest BCUT2D eigenvalue weighted by Crippen LogP contribution is -2.21. The minimum atomic E-state index is -0.0663. The van der Waals surface area contributed by atoms with E-state index in [0.29, 0.717) is 28.9 Å². The van der Waals surface area contributed by atoms with Crippen molar-refractivity contribution in [2.45, 2.75) is 101 Å². The highest BCUT2D eigenvalue weighted by atomic mass is 32.2. The highest BCUT2D eigenvalue weighted by molar-refractivity contribution is 8.06. The summed E-state index contributed by atoms with van der Waals surface area (Å²) in [6.45, 7) is 20.3. The maximum Gasteiger partial charge on any atom is 0.218 e. The molecule has 3 rings (SSSR count). The SMILES string of the molecule is CC(C)CCC1=CC(=CC2=C(O)C(=Cc3cc(CCC(C)(C)C)[s+]c(CC(C)C)c3)C2=O)C=C(CC(C)C)S1. The van der Waals surface area contributed by atoms with Crippen LogP contribution in [-0.2, 0) is 17.6 Å². The minimum absolute atomic E-state index is 0.0663. The van der Waals surface area contributed by atoms with Crippen LogP contribution in [0.2, 0.25) is 0 Å². The Balaban J connectivity index is 1.92. The van der Waals surface area contributed by atoms with Gasteiger partial charge in [-0.2, -0.15) is 0 Å². The van der Waals surface area contributed by atoms with Crippen molar-refractivity contribution in [2.24, 2.45) is 23.2 Å². The van der Waals surface area contributed by atoms with Crippen LogP contribution in [0.1, 0.15) is 103 Å². The van der Waals surface area contributed by atoms with Gasteiger partial charge in [-0.25, -0.2) is 0 Å². The number of Topliss-reactive ketones (excluding diaryl/α,β-unsaturated/α-hetero) is 1. The molecule has 2 aliphatic rings. The van der Waals surface area contributed by atoms with E-state index in [4.69, 9.17) is 0 Å². The van der Waals surface area contributed by atoms with Gasteiger partial charge in [0, 0.05) is 25.0 Å². The van der Waals surface area contributed by atoms with Crippen molar-refractivity contribution in [3.8, 4) is 0 Å². The molecule has 212 valence electrons. The largest absolute Gasteiger partial charge is 0.506 e. The highest BCUT2D eigenvalue weighted by Gasteiger charge is 2.33. The molecule has 4 heteroatoms. The molecule has 0 spiro atoms. The Hall–Kier alpha value is -1.91. The lowest BCUT2D eigenvalue weighted by molar-refractivity contribution is -0.113. The molecule has 0 amide bonds. The van der Waals surface area contributed by atoms with Crippen LogP contribution in [0.4, 0.5) is 0 Å². The number of carbonyl (C=O) groups excluding carboxylic acids is 1. The number of aliphatic hydroxyl groups excluding tert-OH is 1. The summed E-state index contributed by atoms with van der Waals surface area (Å²) in [4.78, 5) is 18.6. The molecule has 0 saturated carbocycles. The Bertz CT molecular complexity index is 1210. The van der Waals surface area contributed by atoms with Gasteiger partial charge < -0.3 is 5.11 Å². The highest BCUT2D eigenvalue weighted by Crippen LogP contribution is 2.40. The van der Waals surface area contributed by atoms with Crippen LogP contribution in [0.15, 0.2) is 62.6 Å². The number of aryl methyl sites for hydroxylation is 1. The number of thioether (sulfide) groups is 1. The van der Waals surface area contributed by atoms with E-state index < -0.39 is 0 Å². The summed E-state index contributed by atoms with van der Waals surface area (Å²) in [5.41, 5.74) is 3.16. The van der Waals surface area contributed by atoms with E-state index in [1.165, 1.54) is 19.6 Å². The Kier molecular flexibility index (Phi) is 11.1. The Morgan fingerprint density at radius 3 is 2.10 bits per heavy atom. The van der Waals surface area contributed by atoms with Gasteiger partial charge in [-0.05, 0) is 94.1 Å². The lowest BCUT2D eigenvalue weighted by atomic mass is 9.85. The topological polar surface area (TPSA) is 37.3 Å². The second-order valence-electron chi connectivity index (χ2n) is 13.6. The van der Waals surface area contributed by atoms with Crippen LogP contribution in [-0.4, -0.2) is 10.9 Å². The molecule has 0 radical (unpaired) electrons. The lowest BCUT2D eigenvalue weighted by Gasteiger charge is -2.22. The van der Waals surface area contributed by atoms with Crippen molar-refractivity contribution in [3.05, 3.63) is 78.0 Å². The fraction of sp³-hybridized carbons (Fsp3) is 0.543. The summed E-state index contributed by atoms with van der Waals surface area (Å²) in [6, 6.07) is 4.39. The first-order valence-electron chi connectivity index (χ1n) is 14.7. The van der Waals surface area contributed by atoms with E-state index in [0.717, 1.165) is 49.7 Å². The first kappa shape index (κ1) is 31.6. The fourth-order valence-electron chi connectivity index (χ4n) is 4.67. The van der Waals surface area contributed by atoms with Crippen LogP contribution in [0, 0.1) is 23.2 Å². The molecule has 1 aliphatic heterocycles. The van der Waals surface area contributed by atoms with Gasteiger partial charge in [0.15, 0.2) is 0 Å². The van der Waals surface area contributed by atoms with Crippen LogP contribution in [0.25, 0.3) is 6.08 Å². The summed E-state index contributed by atoms with van der Waals surface area (Å²) in [7, 11) is 0. The number of hydrogen-bond acceptors (Lipinski definition) is 3. The second kappa shape index (κ2) is 13.6. The first-order valence-corrected chi connectivity index (χ1v) is 16.3. The quantitative estimate of drug-likeness (QED) is 0.214. The maximum atomic E-state index is 13.2. The van der Waals surface area contributed by atoms with Gasteiger partial charge in [0.25, 0.3) is 0 Å². The van der Waals surface area contributed by atoms with Gasteiger partial charge in [-0.15, -0.1) is 0 Å². The molecule has 1 aromatic rings. The van der Waals surface area contributed by atoms with Gasteiger partial charge in [0.2, 0.25) is 26.9 Å². The van der Waals surface area contributed by atoms with Gasteiger partial charge in [0.05, 0.1) is 11.1 Å². The number of ketones is 1. The maximum absolute atomic E-state index is 13.2. The number of aliphatic hydroxyl groups is 1. The molecule has 2 heterocycles. The molecular weight excluding hydrogens is 517 g/mol. The number of hydrogen-bond donors (Lipinski definition) is 1. The number of allylic oxidation sites excluding steroid dienone is 8. The van der Waals surface area contributed by atoms with Gasteiger partial charge >= 0.3 is 0 Å². The summed E-state index contributed by atoms with van der Waals surface area (Å²) in [6.07, 6.45) is 14.5. The fourth-order valence-corrected chi connectivity index (χ4v) is 7.38. The molecule has 2 nitrogen and oxygen atoms in total. The first-order chi connectivity index (χ1) is 18.2.